The Morgan fingerprint density at radius 3 is 2.45 bits per heavy atom. The predicted octanol–water partition coefficient (Wildman–Crippen LogP) is 5.03. The smallest absolute Gasteiger partial charge is 0.253 e. The van der Waals surface area contributed by atoms with Crippen LogP contribution < -0.4 is 5.32 Å². The van der Waals surface area contributed by atoms with Crippen LogP contribution in [0, 0.1) is 5.92 Å². The van der Waals surface area contributed by atoms with Crippen molar-refractivity contribution in [2.75, 3.05) is 19.6 Å². The van der Waals surface area contributed by atoms with Gasteiger partial charge in [0.05, 0.1) is 30.5 Å². The number of β-amino-alcohol motifs (C(OH)–C–C–N with tert-alkyl or cyclic N) is 1. The van der Waals surface area contributed by atoms with Crippen LogP contribution in [0.5, 0.6) is 0 Å². The molecule has 0 radical (unpaired) electrons. The molecule has 8 nitrogen and oxygen atoms in total. The van der Waals surface area contributed by atoms with Crippen molar-refractivity contribution in [2.45, 2.75) is 51.1 Å². The molecule has 4 aromatic rings. The predicted molar refractivity (Wildman–Crippen MR) is 167 cm³/mol. The lowest BCUT2D eigenvalue weighted by atomic mass is 9.90. The van der Waals surface area contributed by atoms with Crippen molar-refractivity contribution in [3.8, 4) is 11.1 Å². The molecule has 5 atom stereocenters. The quantitative estimate of drug-likeness (QED) is 0.250. The molecule has 2 aliphatic rings. The van der Waals surface area contributed by atoms with Gasteiger partial charge in [0.1, 0.15) is 0 Å². The van der Waals surface area contributed by atoms with Crippen molar-refractivity contribution in [1.82, 2.24) is 15.2 Å². The Labute approximate surface area is 258 Å². The van der Waals surface area contributed by atoms with E-state index in [1.165, 1.54) is 0 Å². The van der Waals surface area contributed by atoms with Gasteiger partial charge in [-0.1, -0.05) is 73.7 Å². The van der Waals surface area contributed by atoms with Gasteiger partial charge in [-0.2, -0.15) is 0 Å². The summed E-state index contributed by atoms with van der Waals surface area (Å²) in [7, 11) is 0. The Bertz CT molecular complexity index is 1530. The Kier molecular flexibility index (Phi) is 9.45. The summed E-state index contributed by atoms with van der Waals surface area (Å²) in [6.45, 7) is 4.82. The van der Waals surface area contributed by atoms with E-state index in [1.807, 2.05) is 36.4 Å². The number of aliphatic hydroxyl groups excluding tert-OH is 2. The Morgan fingerprint density at radius 2 is 1.75 bits per heavy atom. The first-order valence-electron chi connectivity index (χ1n) is 15.3. The molecule has 6 rings (SSSR count). The number of ether oxygens (including phenoxy) is 2. The van der Waals surface area contributed by atoms with Gasteiger partial charge in [0.25, 0.3) is 5.91 Å². The minimum absolute atomic E-state index is 0.00228. The van der Waals surface area contributed by atoms with Crippen LogP contribution in [0.3, 0.4) is 0 Å². The third-order valence-corrected chi connectivity index (χ3v) is 8.63. The molecule has 1 amide bonds. The second kappa shape index (κ2) is 13.8. The number of benzene rings is 3. The molecule has 0 unspecified atom stereocenters. The van der Waals surface area contributed by atoms with Crippen molar-refractivity contribution in [2.24, 2.45) is 5.92 Å². The fourth-order valence-corrected chi connectivity index (χ4v) is 6.04. The Balaban J connectivity index is 1.17. The molecular formula is C36H39N3O5. The van der Waals surface area contributed by atoms with Gasteiger partial charge in [-0.15, -0.1) is 0 Å². The average Bonchev–Trinajstić information content (AvgIpc) is 3.49. The first kappa shape index (κ1) is 30.1. The maximum atomic E-state index is 12.5. The van der Waals surface area contributed by atoms with Crippen LogP contribution in [-0.2, 0) is 22.6 Å². The van der Waals surface area contributed by atoms with Crippen LogP contribution in [0.25, 0.3) is 11.1 Å². The second-order valence-corrected chi connectivity index (χ2v) is 11.8. The fourth-order valence-electron chi connectivity index (χ4n) is 6.04. The highest BCUT2D eigenvalue weighted by Gasteiger charge is 2.39. The van der Waals surface area contributed by atoms with Crippen molar-refractivity contribution in [3.05, 3.63) is 125 Å². The average molecular weight is 594 g/mol. The van der Waals surface area contributed by atoms with Gasteiger partial charge in [0, 0.05) is 50.1 Å². The third-order valence-electron chi connectivity index (χ3n) is 8.63. The Morgan fingerprint density at radius 1 is 0.955 bits per heavy atom. The number of nitrogens with one attached hydrogen (secondary N) is 1. The maximum Gasteiger partial charge on any atom is 0.253 e. The molecule has 1 aromatic heterocycles. The highest BCUT2D eigenvalue weighted by atomic mass is 16.7. The van der Waals surface area contributed by atoms with Crippen molar-refractivity contribution >= 4 is 5.91 Å². The minimum Gasteiger partial charge on any atom is -0.392 e. The summed E-state index contributed by atoms with van der Waals surface area (Å²) in [6, 6.07) is 27.8. The summed E-state index contributed by atoms with van der Waals surface area (Å²) in [4.78, 5) is 18.7. The summed E-state index contributed by atoms with van der Waals surface area (Å²) in [5.74, 6) is -0.0684. The van der Waals surface area contributed by atoms with Gasteiger partial charge < -0.3 is 25.0 Å². The topological polar surface area (TPSA) is 104 Å². The van der Waals surface area contributed by atoms with Crippen LogP contribution >= 0.6 is 0 Å². The van der Waals surface area contributed by atoms with E-state index in [9.17, 15) is 15.0 Å². The SMILES string of the molecule is C[C@H]1[C@@H](CN2CC[C@H](O)C2)O[C@@H](c2ccc(-c3cccc(CNC(=O)c4cccnc4)c3)cc2)O[C@H]1c1ccc(CO)cc1. The van der Waals surface area contributed by atoms with Crippen LogP contribution in [0.15, 0.2) is 97.3 Å². The maximum absolute atomic E-state index is 12.5. The minimum atomic E-state index is -0.547. The van der Waals surface area contributed by atoms with Gasteiger partial charge in [0.15, 0.2) is 6.29 Å². The van der Waals surface area contributed by atoms with Gasteiger partial charge in [-0.25, -0.2) is 0 Å². The number of rotatable bonds is 9. The first-order chi connectivity index (χ1) is 21.5. The number of nitrogens with zero attached hydrogens (tertiary/aromatic N) is 2. The van der Waals surface area contributed by atoms with Gasteiger partial charge in [0.2, 0.25) is 0 Å². The lowest BCUT2D eigenvalue weighted by molar-refractivity contribution is -0.276. The zero-order chi connectivity index (χ0) is 30.5. The molecule has 228 valence electrons. The molecule has 0 spiro atoms. The normalized spacial score (nSPS) is 23.8. The number of hydrogen-bond acceptors (Lipinski definition) is 7. The van der Waals surface area contributed by atoms with Crippen LogP contribution in [0.2, 0.25) is 0 Å². The molecule has 0 bridgehead atoms. The van der Waals surface area contributed by atoms with Crippen molar-refractivity contribution in [1.29, 1.82) is 0 Å². The van der Waals surface area contributed by atoms with E-state index in [4.69, 9.17) is 9.47 Å². The van der Waals surface area contributed by atoms with Crippen molar-refractivity contribution in [3.63, 3.8) is 0 Å². The number of pyridine rings is 1. The van der Waals surface area contributed by atoms with Crippen LogP contribution in [-0.4, -0.2) is 57.8 Å². The molecule has 8 heteroatoms. The summed E-state index contributed by atoms with van der Waals surface area (Å²) in [6.07, 6.45) is 2.89. The molecule has 0 aliphatic carbocycles. The van der Waals surface area contributed by atoms with E-state index < -0.39 is 6.29 Å². The van der Waals surface area contributed by atoms with E-state index in [0.717, 1.165) is 52.9 Å². The molecular weight excluding hydrogens is 554 g/mol. The van der Waals surface area contributed by atoms with E-state index in [-0.39, 0.29) is 36.7 Å². The standard InChI is InChI=1S/C36H39N3O5/c1-24-33(22-39-17-15-32(41)21-39)43-36(44-34(24)28-9-7-25(23-40)8-10-28)29-13-11-27(12-14-29)30-5-2-4-26(18-30)19-38-35(42)31-6-3-16-37-20-31/h2-14,16,18,20,24,32-34,36,40-41H,15,17,19,21-23H2,1H3,(H,38,42)/t24-,32-,33+,34+,36+/m0/s1. The lowest BCUT2D eigenvalue weighted by Gasteiger charge is -2.42. The van der Waals surface area contributed by atoms with E-state index >= 15 is 0 Å². The molecule has 44 heavy (non-hydrogen) atoms. The number of likely N-dealkylation sites (tertiary alicyclic amines) is 1. The third kappa shape index (κ3) is 7.07. The molecule has 3 N–H and O–H groups in total. The van der Waals surface area contributed by atoms with Crippen LogP contribution in [0.4, 0.5) is 0 Å². The first-order valence-corrected chi connectivity index (χ1v) is 15.3. The van der Waals surface area contributed by atoms with Gasteiger partial charge in [-0.3, -0.25) is 14.7 Å². The number of hydrogen-bond donors (Lipinski definition) is 3. The molecule has 3 aromatic carbocycles. The van der Waals surface area contributed by atoms with E-state index in [1.54, 1.807) is 24.5 Å². The van der Waals surface area contributed by atoms with Crippen molar-refractivity contribution < 1.29 is 24.5 Å². The summed E-state index contributed by atoms with van der Waals surface area (Å²) in [5, 5.41) is 22.6. The molecule has 2 aliphatic heterocycles. The largest absolute Gasteiger partial charge is 0.392 e. The Hall–Kier alpha value is -3.92. The zero-order valence-electron chi connectivity index (χ0n) is 24.9. The number of amides is 1. The lowest BCUT2D eigenvalue weighted by Crippen LogP contribution is -2.44. The molecule has 2 fully saturated rings. The summed E-state index contributed by atoms with van der Waals surface area (Å²) in [5.41, 5.74) is 6.49. The number of carbonyl (C=O) groups is 1. The molecule has 2 saturated heterocycles. The van der Waals surface area contributed by atoms with Gasteiger partial charge >= 0.3 is 0 Å². The van der Waals surface area contributed by atoms with Crippen LogP contribution in [0.1, 0.15) is 58.4 Å². The van der Waals surface area contributed by atoms with E-state index in [2.05, 4.69) is 58.5 Å². The highest BCUT2D eigenvalue weighted by molar-refractivity contribution is 5.93. The summed E-state index contributed by atoms with van der Waals surface area (Å²) < 4.78 is 13.2. The number of carbonyl (C=O) groups excluding carboxylic acids is 1. The molecule has 3 heterocycles. The monoisotopic (exact) mass is 593 g/mol. The second-order valence-electron chi connectivity index (χ2n) is 11.8. The number of aromatic nitrogens is 1. The molecule has 0 saturated carbocycles. The zero-order valence-corrected chi connectivity index (χ0v) is 24.9. The van der Waals surface area contributed by atoms with E-state index in [0.29, 0.717) is 18.7 Å². The van der Waals surface area contributed by atoms with Gasteiger partial charge in [-0.05, 0) is 52.4 Å². The number of aliphatic hydroxyl groups is 2. The summed E-state index contributed by atoms with van der Waals surface area (Å²) >= 11 is 0. The fraction of sp³-hybridized carbons (Fsp3) is 0.333. The highest BCUT2D eigenvalue weighted by Crippen LogP contribution is 2.42.